The summed E-state index contributed by atoms with van der Waals surface area (Å²) in [6.45, 7) is 5.82. The number of anilines is 1. The van der Waals surface area contributed by atoms with Gasteiger partial charge in [0, 0.05) is 29.7 Å². The number of aromatic nitrogens is 4. The minimum absolute atomic E-state index is 0.822. The van der Waals surface area contributed by atoms with Gasteiger partial charge in [-0.2, -0.15) is 5.10 Å². The van der Waals surface area contributed by atoms with Gasteiger partial charge in [-0.05, 0) is 44.0 Å². The van der Waals surface area contributed by atoms with Crippen molar-refractivity contribution in [3.8, 4) is 16.9 Å². The Hall–Kier alpha value is -2.93. The van der Waals surface area contributed by atoms with Crippen molar-refractivity contribution in [2.45, 2.75) is 26.8 Å². The summed E-state index contributed by atoms with van der Waals surface area (Å²) in [4.78, 5) is 9.93. The molecule has 28 heavy (non-hydrogen) atoms. The fraction of sp³-hybridized carbons (Fsp3) is 0.286. The average Bonchev–Trinajstić information content (AvgIpc) is 3.28. The normalized spacial score (nSPS) is 11.1. The van der Waals surface area contributed by atoms with Gasteiger partial charge in [-0.1, -0.05) is 12.1 Å². The first-order valence-corrected chi connectivity index (χ1v) is 10.1. The third-order valence-corrected chi connectivity index (χ3v) is 5.60. The summed E-state index contributed by atoms with van der Waals surface area (Å²) in [5, 5.41) is 11.2. The lowest BCUT2D eigenvalue weighted by Crippen LogP contribution is -2.10. The number of ether oxygens (including phenoxy) is 1. The zero-order valence-corrected chi connectivity index (χ0v) is 17.1. The van der Waals surface area contributed by atoms with Crippen LogP contribution in [0, 0.1) is 13.8 Å². The second kappa shape index (κ2) is 7.98. The third-order valence-electron chi connectivity index (χ3n) is 4.71. The highest BCUT2D eigenvalue weighted by Crippen LogP contribution is 2.36. The number of nitrogens with one attached hydrogen (secondary N) is 1. The summed E-state index contributed by atoms with van der Waals surface area (Å²) in [6, 6.07) is 10.2. The van der Waals surface area contributed by atoms with Crippen LogP contribution in [-0.2, 0) is 6.54 Å². The molecule has 0 aliphatic rings. The molecule has 0 saturated carbocycles. The van der Waals surface area contributed by atoms with E-state index in [-0.39, 0.29) is 0 Å². The van der Waals surface area contributed by atoms with Crippen molar-refractivity contribution in [3.05, 3.63) is 53.4 Å². The molecule has 0 bridgehead atoms. The van der Waals surface area contributed by atoms with Crippen LogP contribution in [0.5, 0.6) is 5.75 Å². The maximum Gasteiger partial charge on any atom is 0.138 e. The minimum Gasteiger partial charge on any atom is -0.497 e. The fourth-order valence-electron chi connectivity index (χ4n) is 3.33. The molecule has 0 unspecified atom stereocenters. The van der Waals surface area contributed by atoms with Gasteiger partial charge in [0.25, 0.3) is 0 Å². The Balaban J connectivity index is 1.52. The molecule has 0 amide bonds. The molecule has 0 saturated heterocycles. The molecule has 3 heterocycles. The molecule has 0 aliphatic carbocycles. The molecule has 3 aromatic heterocycles. The number of rotatable bonds is 7. The molecule has 0 atom stereocenters. The van der Waals surface area contributed by atoms with Crippen LogP contribution in [0.3, 0.4) is 0 Å². The van der Waals surface area contributed by atoms with Gasteiger partial charge in [0.15, 0.2) is 0 Å². The third kappa shape index (κ3) is 3.71. The van der Waals surface area contributed by atoms with Crippen LogP contribution in [0.25, 0.3) is 21.3 Å². The van der Waals surface area contributed by atoms with Gasteiger partial charge in [-0.25, -0.2) is 9.97 Å². The van der Waals surface area contributed by atoms with E-state index in [1.54, 1.807) is 24.8 Å². The first-order valence-electron chi connectivity index (χ1n) is 9.27. The van der Waals surface area contributed by atoms with E-state index < -0.39 is 0 Å². The molecule has 0 spiro atoms. The van der Waals surface area contributed by atoms with Gasteiger partial charge >= 0.3 is 0 Å². The van der Waals surface area contributed by atoms with E-state index in [9.17, 15) is 0 Å². The lowest BCUT2D eigenvalue weighted by Gasteiger charge is -2.09. The molecule has 6 nitrogen and oxygen atoms in total. The highest BCUT2D eigenvalue weighted by Gasteiger charge is 2.13. The van der Waals surface area contributed by atoms with Gasteiger partial charge in [0.1, 0.15) is 22.7 Å². The van der Waals surface area contributed by atoms with Crippen LogP contribution < -0.4 is 10.1 Å². The van der Waals surface area contributed by atoms with Crippen molar-refractivity contribution in [2.75, 3.05) is 19.0 Å². The summed E-state index contributed by atoms with van der Waals surface area (Å²) in [6.07, 6.45) is 2.59. The van der Waals surface area contributed by atoms with Gasteiger partial charge in [-0.3, -0.25) is 4.68 Å². The first-order chi connectivity index (χ1) is 13.7. The number of thiophene rings is 1. The zero-order chi connectivity index (χ0) is 19.5. The first kappa shape index (κ1) is 18.4. The smallest absolute Gasteiger partial charge is 0.138 e. The largest absolute Gasteiger partial charge is 0.497 e. The zero-order valence-electron chi connectivity index (χ0n) is 16.3. The van der Waals surface area contributed by atoms with E-state index in [0.717, 1.165) is 58.1 Å². The number of fused-ring (bicyclic) bond motifs is 1. The Kier molecular flexibility index (Phi) is 5.25. The molecule has 144 valence electrons. The lowest BCUT2D eigenvalue weighted by atomic mass is 10.1. The Morgan fingerprint density at radius 3 is 2.68 bits per heavy atom. The molecule has 4 rings (SSSR count). The summed E-state index contributed by atoms with van der Waals surface area (Å²) >= 11 is 1.64. The molecular weight excluding hydrogens is 370 g/mol. The lowest BCUT2D eigenvalue weighted by molar-refractivity contribution is 0.415. The van der Waals surface area contributed by atoms with Gasteiger partial charge < -0.3 is 10.1 Å². The molecule has 7 heteroatoms. The van der Waals surface area contributed by atoms with Gasteiger partial charge in [0.2, 0.25) is 0 Å². The standard InChI is InChI=1S/C21H23N5OS/c1-14-11-15(2)26(25-14)10-4-9-22-20-19-18(12-28-21(19)24-13-23-20)16-5-7-17(27-3)8-6-16/h5-8,11-13H,4,9-10H2,1-3H3,(H,22,23,24). The van der Waals surface area contributed by atoms with E-state index >= 15 is 0 Å². The number of benzene rings is 1. The van der Waals surface area contributed by atoms with E-state index in [1.807, 2.05) is 19.1 Å². The van der Waals surface area contributed by atoms with Crippen LogP contribution in [-0.4, -0.2) is 33.4 Å². The monoisotopic (exact) mass is 393 g/mol. The molecule has 1 N–H and O–H groups in total. The van der Waals surface area contributed by atoms with Crippen LogP contribution >= 0.6 is 11.3 Å². The van der Waals surface area contributed by atoms with Crippen molar-refractivity contribution in [2.24, 2.45) is 0 Å². The molecule has 1 aromatic carbocycles. The molecule has 4 aromatic rings. The van der Waals surface area contributed by atoms with Crippen LogP contribution in [0.15, 0.2) is 42.0 Å². The van der Waals surface area contributed by atoms with Crippen molar-refractivity contribution < 1.29 is 4.74 Å². The van der Waals surface area contributed by atoms with Crippen molar-refractivity contribution in [1.82, 2.24) is 19.7 Å². The summed E-state index contributed by atoms with van der Waals surface area (Å²) in [5.41, 5.74) is 4.53. The quantitative estimate of drug-likeness (QED) is 0.462. The Labute approximate surface area is 168 Å². The van der Waals surface area contributed by atoms with Crippen LogP contribution in [0.2, 0.25) is 0 Å². The average molecular weight is 394 g/mol. The van der Waals surface area contributed by atoms with Crippen molar-refractivity contribution in [3.63, 3.8) is 0 Å². The minimum atomic E-state index is 0.822. The molecular formula is C21H23N5OS. The molecule has 0 radical (unpaired) electrons. The predicted octanol–water partition coefficient (Wildman–Crippen LogP) is 4.68. The van der Waals surface area contributed by atoms with E-state index in [0.29, 0.717) is 0 Å². The second-order valence-corrected chi connectivity index (χ2v) is 7.57. The Bertz CT molecular complexity index is 1080. The second-order valence-electron chi connectivity index (χ2n) is 6.71. The fourth-order valence-corrected chi connectivity index (χ4v) is 4.25. The van der Waals surface area contributed by atoms with Crippen LogP contribution in [0.4, 0.5) is 5.82 Å². The van der Waals surface area contributed by atoms with Gasteiger partial charge in [-0.15, -0.1) is 11.3 Å². The number of methoxy groups -OCH3 is 1. The summed E-state index contributed by atoms with van der Waals surface area (Å²) in [7, 11) is 1.68. The van der Waals surface area contributed by atoms with Crippen molar-refractivity contribution in [1.29, 1.82) is 0 Å². The number of aryl methyl sites for hydroxylation is 3. The highest BCUT2D eigenvalue weighted by atomic mass is 32.1. The SMILES string of the molecule is COc1ccc(-c2csc3ncnc(NCCCn4nc(C)cc4C)c23)cc1. The van der Waals surface area contributed by atoms with E-state index in [4.69, 9.17) is 4.74 Å². The molecule has 0 aliphatic heterocycles. The number of hydrogen-bond donors (Lipinski definition) is 1. The molecule has 0 fully saturated rings. The van der Waals surface area contributed by atoms with E-state index in [2.05, 4.69) is 55.6 Å². The maximum atomic E-state index is 5.27. The number of nitrogens with zero attached hydrogens (tertiary/aromatic N) is 4. The Morgan fingerprint density at radius 1 is 1.14 bits per heavy atom. The van der Waals surface area contributed by atoms with Crippen LogP contribution in [0.1, 0.15) is 17.8 Å². The van der Waals surface area contributed by atoms with E-state index in [1.165, 1.54) is 5.69 Å². The van der Waals surface area contributed by atoms with Gasteiger partial charge in [0.05, 0.1) is 18.2 Å². The highest BCUT2D eigenvalue weighted by molar-refractivity contribution is 7.17. The van der Waals surface area contributed by atoms with Crippen molar-refractivity contribution >= 4 is 27.4 Å². The number of hydrogen-bond acceptors (Lipinski definition) is 6. The predicted molar refractivity (Wildman–Crippen MR) is 114 cm³/mol. The summed E-state index contributed by atoms with van der Waals surface area (Å²) < 4.78 is 7.32. The summed E-state index contributed by atoms with van der Waals surface area (Å²) in [5.74, 6) is 1.73. The topological polar surface area (TPSA) is 64.9 Å². The maximum absolute atomic E-state index is 5.27. The Morgan fingerprint density at radius 2 is 1.96 bits per heavy atom.